The highest BCUT2D eigenvalue weighted by atomic mass is 35.5. The summed E-state index contributed by atoms with van der Waals surface area (Å²) >= 11 is 7.16. The van der Waals surface area contributed by atoms with Gasteiger partial charge in [0.15, 0.2) is 9.84 Å². The number of hydrogen-bond donors (Lipinski definition) is 1. The van der Waals surface area contributed by atoms with Crippen molar-refractivity contribution in [3.8, 4) is 10.6 Å². The molecule has 128 valence electrons. The minimum absolute atomic E-state index is 0.0231. The van der Waals surface area contributed by atoms with Gasteiger partial charge in [0, 0.05) is 13.1 Å². The second kappa shape index (κ2) is 6.30. The highest BCUT2D eigenvalue weighted by Crippen LogP contribution is 2.29. The summed E-state index contributed by atoms with van der Waals surface area (Å²) in [6.45, 7) is 0. The number of aromatic amines is 1. The molecular weight excluding hydrogens is 374 g/mol. The Kier molecular flexibility index (Phi) is 4.50. The van der Waals surface area contributed by atoms with E-state index >= 15 is 0 Å². The van der Waals surface area contributed by atoms with Crippen LogP contribution in [0.4, 0.5) is 0 Å². The Hall–Kier alpha value is -1.71. The molecule has 1 unspecified atom stereocenters. The van der Waals surface area contributed by atoms with Gasteiger partial charge >= 0.3 is 5.69 Å². The van der Waals surface area contributed by atoms with Gasteiger partial charge in [0.05, 0.1) is 26.4 Å². The maximum absolute atomic E-state index is 12.6. The quantitative estimate of drug-likeness (QED) is 0.858. The van der Waals surface area contributed by atoms with Gasteiger partial charge in [-0.15, -0.1) is 11.3 Å². The van der Waals surface area contributed by atoms with E-state index in [0.717, 1.165) is 0 Å². The maximum atomic E-state index is 12.6. The van der Waals surface area contributed by atoms with E-state index in [1.54, 1.807) is 12.1 Å². The molecular formula is C14H14ClN3O4S2. The summed E-state index contributed by atoms with van der Waals surface area (Å²) in [5, 5.41) is 0. The van der Waals surface area contributed by atoms with Gasteiger partial charge in [-0.1, -0.05) is 11.6 Å². The first kappa shape index (κ1) is 17.1. The number of carbonyl (C=O) groups is 1. The number of carbonyl (C=O) groups excluding carboxylic acids is 1. The lowest BCUT2D eigenvalue weighted by molar-refractivity contribution is 0.0741. The van der Waals surface area contributed by atoms with Crippen molar-refractivity contribution < 1.29 is 13.2 Å². The summed E-state index contributed by atoms with van der Waals surface area (Å²) in [5.41, 5.74) is -0.222. The predicted octanol–water partition coefficient (Wildman–Crippen LogP) is 1.41. The van der Waals surface area contributed by atoms with E-state index in [2.05, 4.69) is 9.97 Å². The molecule has 1 fully saturated rings. The third-order valence-corrected chi connectivity index (χ3v) is 6.89. The fourth-order valence-electron chi connectivity index (χ4n) is 2.59. The number of nitrogens with one attached hydrogen (secondary N) is 1. The first-order chi connectivity index (χ1) is 11.2. The van der Waals surface area contributed by atoms with Crippen LogP contribution in [0.5, 0.6) is 0 Å². The van der Waals surface area contributed by atoms with Gasteiger partial charge in [0.2, 0.25) is 0 Å². The molecule has 1 N–H and O–H groups in total. The van der Waals surface area contributed by atoms with Crippen molar-refractivity contribution in [2.24, 2.45) is 0 Å². The average molecular weight is 388 g/mol. The third kappa shape index (κ3) is 3.52. The number of nitrogens with zero attached hydrogens (tertiary/aromatic N) is 2. The normalized spacial score (nSPS) is 19.3. The van der Waals surface area contributed by atoms with Gasteiger partial charge in [-0.25, -0.2) is 13.2 Å². The van der Waals surface area contributed by atoms with Gasteiger partial charge in [0.1, 0.15) is 5.69 Å². The van der Waals surface area contributed by atoms with Crippen LogP contribution in [0.15, 0.2) is 23.0 Å². The fourth-order valence-corrected chi connectivity index (χ4v) is 5.38. The van der Waals surface area contributed by atoms with Gasteiger partial charge in [-0.05, 0) is 24.6 Å². The second-order valence-corrected chi connectivity index (χ2v) is 9.51. The zero-order valence-electron chi connectivity index (χ0n) is 12.7. The fraction of sp³-hybridized carbons (Fsp3) is 0.357. The Labute approximate surface area is 147 Å². The lowest BCUT2D eigenvalue weighted by Gasteiger charge is -2.22. The molecule has 0 saturated carbocycles. The van der Waals surface area contributed by atoms with Crippen molar-refractivity contribution in [2.45, 2.75) is 12.5 Å². The third-order valence-electron chi connectivity index (χ3n) is 3.88. The Morgan fingerprint density at radius 2 is 2.21 bits per heavy atom. The van der Waals surface area contributed by atoms with E-state index in [1.165, 1.54) is 29.4 Å². The Morgan fingerprint density at radius 3 is 2.79 bits per heavy atom. The van der Waals surface area contributed by atoms with Crippen molar-refractivity contribution in [1.82, 2.24) is 14.9 Å². The molecule has 2 aromatic heterocycles. The number of halogens is 1. The molecule has 0 aromatic carbocycles. The monoisotopic (exact) mass is 387 g/mol. The summed E-state index contributed by atoms with van der Waals surface area (Å²) in [6, 6.07) is 4.51. The molecule has 2 aromatic rings. The van der Waals surface area contributed by atoms with Gasteiger partial charge in [0.25, 0.3) is 5.91 Å². The zero-order valence-corrected chi connectivity index (χ0v) is 15.0. The summed E-state index contributed by atoms with van der Waals surface area (Å²) in [6.07, 6.45) is 0.390. The number of H-pyrrole nitrogens is 1. The molecule has 24 heavy (non-hydrogen) atoms. The molecule has 10 heteroatoms. The molecule has 0 spiro atoms. The summed E-state index contributed by atoms with van der Waals surface area (Å²) < 4.78 is 23.7. The van der Waals surface area contributed by atoms with Crippen molar-refractivity contribution >= 4 is 38.7 Å². The van der Waals surface area contributed by atoms with E-state index < -0.39 is 27.5 Å². The molecule has 3 rings (SSSR count). The second-order valence-electron chi connectivity index (χ2n) is 5.56. The van der Waals surface area contributed by atoms with Gasteiger partial charge in [-0.3, -0.25) is 4.79 Å². The molecule has 1 aliphatic rings. The first-order valence-electron chi connectivity index (χ1n) is 7.10. The Morgan fingerprint density at radius 1 is 1.46 bits per heavy atom. The number of hydrogen-bond acceptors (Lipinski definition) is 6. The molecule has 0 aliphatic carbocycles. The van der Waals surface area contributed by atoms with Gasteiger partial charge in [-0.2, -0.15) is 4.98 Å². The van der Waals surface area contributed by atoms with Crippen molar-refractivity contribution in [3.63, 3.8) is 0 Å². The van der Waals surface area contributed by atoms with Crippen LogP contribution < -0.4 is 5.69 Å². The lowest BCUT2D eigenvalue weighted by atomic mass is 10.2. The minimum Gasteiger partial charge on any atom is -0.336 e. The summed E-state index contributed by atoms with van der Waals surface area (Å²) in [4.78, 5) is 32.7. The van der Waals surface area contributed by atoms with Crippen LogP contribution in [-0.4, -0.2) is 53.8 Å². The standard InChI is InChI=1S/C14H14ClN3O4S2/c1-18(8-4-5-24(21,22)7-8)13(19)10-6-9(16-14(20)17-10)11-2-3-12(15)23-11/h2-3,6,8H,4-5,7H2,1H3,(H,16,17,20). The van der Waals surface area contributed by atoms with Crippen LogP contribution >= 0.6 is 22.9 Å². The Balaban J connectivity index is 1.90. The van der Waals surface area contributed by atoms with E-state index in [4.69, 9.17) is 11.6 Å². The molecule has 0 bridgehead atoms. The molecule has 1 atom stereocenters. The van der Waals surface area contributed by atoms with Crippen LogP contribution in [0.1, 0.15) is 16.9 Å². The molecule has 1 aliphatic heterocycles. The Bertz CT molecular complexity index is 951. The molecule has 0 radical (unpaired) electrons. The number of amides is 1. The number of thiophene rings is 1. The van der Waals surface area contributed by atoms with E-state index in [-0.39, 0.29) is 17.2 Å². The van der Waals surface area contributed by atoms with Gasteiger partial charge < -0.3 is 9.88 Å². The van der Waals surface area contributed by atoms with Crippen molar-refractivity contribution in [3.05, 3.63) is 38.7 Å². The van der Waals surface area contributed by atoms with Crippen LogP contribution in [0.2, 0.25) is 4.34 Å². The highest BCUT2D eigenvalue weighted by Gasteiger charge is 2.33. The smallest absolute Gasteiger partial charge is 0.336 e. The molecule has 7 nitrogen and oxygen atoms in total. The molecule has 1 saturated heterocycles. The van der Waals surface area contributed by atoms with Crippen LogP contribution in [-0.2, 0) is 9.84 Å². The first-order valence-corrected chi connectivity index (χ1v) is 10.1. The number of aromatic nitrogens is 2. The SMILES string of the molecule is CN(C(=O)c1cc(-c2ccc(Cl)s2)[nH]c(=O)n1)C1CCS(=O)(=O)C1. The summed E-state index contributed by atoms with van der Waals surface area (Å²) in [7, 11) is -1.58. The highest BCUT2D eigenvalue weighted by molar-refractivity contribution is 7.91. The summed E-state index contributed by atoms with van der Waals surface area (Å²) in [5.74, 6) is -0.477. The minimum atomic E-state index is -3.11. The van der Waals surface area contributed by atoms with E-state index in [9.17, 15) is 18.0 Å². The number of rotatable bonds is 3. The predicted molar refractivity (Wildman–Crippen MR) is 92.3 cm³/mol. The molecule has 3 heterocycles. The van der Waals surface area contributed by atoms with Crippen LogP contribution in [0.3, 0.4) is 0 Å². The number of sulfone groups is 1. The van der Waals surface area contributed by atoms with Crippen LogP contribution in [0.25, 0.3) is 10.6 Å². The maximum Gasteiger partial charge on any atom is 0.346 e. The average Bonchev–Trinajstić information content (AvgIpc) is 3.10. The lowest BCUT2D eigenvalue weighted by Crippen LogP contribution is -2.39. The largest absolute Gasteiger partial charge is 0.346 e. The van der Waals surface area contributed by atoms with E-state index in [1.807, 2.05) is 0 Å². The van der Waals surface area contributed by atoms with E-state index in [0.29, 0.717) is 21.3 Å². The molecule has 1 amide bonds. The topological polar surface area (TPSA) is 100 Å². The zero-order chi connectivity index (χ0) is 17.5. The van der Waals surface area contributed by atoms with Crippen molar-refractivity contribution in [2.75, 3.05) is 18.6 Å². The van der Waals surface area contributed by atoms with Crippen molar-refractivity contribution in [1.29, 1.82) is 0 Å². The van der Waals surface area contributed by atoms with Crippen LogP contribution in [0, 0.1) is 0 Å².